The number of anilines is 3. The van der Waals surface area contributed by atoms with Gasteiger partial charge < -0.3 is 14.7 Å². The molecule has 3 atom stereocenters. The lowest BCUT2D eigenvalue weighted by molar-refractivity contribution is -0.137. The van der Waals surface area contributed by atoms with E-state index in [1.54, 1.807) is 17.9 Å². The topological polar surface area (TPSA) is 123 Å². The number of nitriles is 1. The van der Waals surface area contributed by atoms with E-state index in [0.29, 0.717) is 42.5 Å². The maximum absolute atomic E-state index is 13.3. The van der Waals surface area contributed by atoms with E-state index in [9.17, 15) is 18.5 Å². The molecule has 12 heteroatoms. The Morgan fingerprint density at radius 1 is 1.14 bits per heavy atom. The Morgan fingerprint density at radius 3 is 2.43 bits per heavy atom. The van der Waals surface area contributed by atoms with E-state index in [1.807, 2.05) is 24.8 Å². The van der Waals surface area contributed by atoms with Crippen LogP contribution in [0.25, 0.3) is 0 Å². The molecule has 1 amide bonds. The van der Waals surface area contributed by atoms with E-state index in [2.05, 4.69) is 28.7 Å². The molecule has 0 saturated carbocycles. The number of nitrogens with zero attached hydrogens (tertiary/aromatic N) is 7. The summed E-state index contributed by atoms with van der Waals surface area (Å²) in [5.74, 6) is 1.89. The van der Waals surface area contributed by atoms with Gasteiger partial charge in [0.05, 0.1) is 16.3 Å². The number of hydrogen-bond acceptors (Lipinski definition) is 9. The number of sulfone groups is 1. The first-order valence-electron chi connectivity index (χ1n) is 12.3. The summed E-state index contributed by atoms with van der Waals surface area (Å²) in [6, 6.07) is 3.43. The molecule has 10 nitrogen and oxygen atoms in total. The van der Waals surface area contributed by atoms with E-state index in [4.69, 9.17) is 16.6 Å². The molecule has 3 aliphatic heterocycles. The molecule has 0 N–H and O–H groups in total. The van der Waals surface area contributed by atoms with Crippen molar-refractivity contribution in [1.82, 2.24) is 19.9 Å². The Balaban J connectivity index is 1.47. The highest BCUT2D eigenvalue weighted by Gasteiger charge is 2.57. The molecule has 5 rings (SSSR count). The number of aromatic nitrogens is 3. The quantitative estimate of drug-likeness (QED) is 0.574. The maximum Gasteiger partial charge on any atom is 0.244 e. The van der Waals surface area contributed by atoms with Gasteiger partial charge in [0.15, 0.2) is 9.84 Å². The average Bonchev–Trinajstić information content (AvgIpc) is 3.14. The third-order valence-electron chi connectivity index (χ3n) is 8.03. The van der Waals surface area contributed by atoms with E-state index >= 15 is 0 Å². The van der Waals surface area contributed by atoms with E-state index in [0.717, 1.165) is 17.2 Å². The molecule has 0 spiro atoms. The Morgan fingerprint density at radius 2 is 1.84 bits per heavy atom. The van der Waals surface area contributed by atoms with Gasteiger partial charge in [-0.2, -0.15) is 5.26 Å². The van der Waals surface area contributed by atoms with Gasteiger partial charge in [-0.1, -0.05) is 25.4 Å². The van der Waals surface area contributed by atoms with Gasteiger partial charge in [0.2, 0.25) is 5.91 Å². The zero-order valence-electron chi connectivity index (χ0n) is 21.6. The molecule has 2 aromatic heterocycles. The number of halogens is 1. The van der Waals surface area contributed by atoms with Gasteiger partial charge in [0, 0.05) is 55.0 Å². The smallest absolute Gasteiger partial charge is 0.244 e. The molecule has 2 fully saturated rings. The second-order valence-corrected chi connectivity index (χ2v) is 14.1. The lowest BCUT2D eigenvalue weighted by atomic mass is 9.87. The monoisotopic (exact) mass is 543 g/mol. The van der Waals surface area contributed by atoms with Crippen molar-refractivity contribution in [2.45, 2.75) is 63.3 Å². The van der Waals surface area contributed by atoms with Crippen molar-refractivity contribution in [3.05, 3.63) is 34.7 Å². The minimum absolute atomic E-state index is 0.0666. The molecular weight excluding hydrogens is 514 g/mol. The van der Waals surface area contributed by atoms with Gasteiger partial charge in [-0.25, -0.2) is 23.4 Å². The highest BCUT2D eigenvalue weighted by molar-refractivity contribution is 7.95. The number of pyridine rings is 1. The summed E-state index contributed by atoms with van der Waals surface area (Å²) < 4.78 is 23.5. The SMILES string of the molecule is C[C@@H]1CN(c2ncnc3c2C(C)(C)CN3c2cc(Cl)c(C#N)cn2)[C@@H](C)CN1C(=O)[C@]1(C)CCS1(=O)=O. The normalized spacial score (nSPS) is 27.9. The van der Waals surface area contributed by atoms with Crippen LogP contribution < -0.4 is 9.80 Å². The van der Waals surface area contributed by atoms with Crippen molar-refractivity contribution in [3.63, 3.8) is 0 Å². The second-order valence-electron chi connectivity index (χ2n) is 11.1. The third kappa shape index (κ3) is 3.84. The number of hydrogen-bond donors (Lipinski definition) is 0. The van der Waals surface area contributed by atoms with E-state index in [1.165, 1.54) is 12.5 Å². The lowest BCUT2D eigenvalue weighted by Gasteiger charge is -2.49. The molecule has 0 aromatic carbocycles. The summed E-state index contributed by atoms with van der Waals surface area (Å²) in [6.07, 6.45) is 3.37. The predicted octanol–water partition coefficient (Wildman–Crippen LogP) is 2.83. The summed E-state index contributed by atoms with van der Waals surface area (Å²) in [4.78, 5) is 33.0. The van der Waals surface area contributed by atoms with Gasteiger partial charge in [0.25, 0.3) is 0 Å². The van der Waals surface area contributed by atoms with Crippen molar-refractivity contribution in [3.8, 4) is 6.07 Å². The predicted molar refractivity (Wildman–Crippen MR) is 141 cm³/mol. The summed E-state index contributed by atoms with van der Waals surface area (Å²) in [6.45, 7) is 11.3. The van der Waals surface area contributed by atoms with Crippen molar-refractivity contribution < 1.29 is 13.2 Å². The summed E-state index contributed by atoms with van der Waals surface area (Å²) >= 11 is 6.30. The van der Waals surface area contributed by atoms with Crippen LogP contribution in [0.15, 0.2) is 18.6 Å². The van der Waals surface area contributed by atoms with E-state index < -0.39 is 14.6 Å². The van der Waals surface area contributed by atoms with Gasteiger partial charge >= 0.3 is 0 Å². The fourth-order valence-electron chi connectivity index (χ4n) is 5.61. The zero-order valence-corrected chi connectivity index (χ0v) is 23.1. The maximum atomic E-state index is 13.3. The molecule has 2 aromatic rings. The van der Waals surface area contributed by atoms with Gasteiger partial charge in [-0.05, 0) is 27.2 Å². The van der Waals surface area contributed by atoms with Crippen LogP contribution in [0.1, 0.15) is 52.2 Å². The van der Waals surface area contributed by atoms with Gasteiger partial charge in [0.1, 0.15) is 34.6 Å². The summed E-state index contributed by atoms with van der Waals surface area (Å²) in [5, 5.41) is 9.55. The van der Waals surface area contributed by atoms with Crippen LogP contribution >= 0.6 is 11.6 Å². The minimum atomic E-state index is -3.40. The molecule has 37 heavy (non-hydrogen) atoms. The summed E-state index contributed by atoms with van der Waals surface area (Å²) in [5.41, 5.74) is 0.966. The zero-order chi connectivity index (χ0) is 26.9. The number of piperazine rings is 1. The molecule has 0 unspecified atom stereocenters. The first-order valence-corrected chi connectivity index (χ1v) is 14.3. The number of carbonyl (C=O) groups excluding carboxylic acids is 1. The number of carbonyl (C=O) groups is 1. The van der Waals surface area contributed by atoms with E-state index in [-0.39, 0.29) is 29.2 Å². The number of amides is 1. The lowest BCUT2D eigenvalue weighted by Crippen LogP contribution is -2.66. The van der Waals surface area contributed by atoms with Crippen LogP contribution in [0.4, 0.5) is 17.5 Å². The van der Waals surface area contributed by atoms with Gasteiger partial charge in [-0.15, -0.1) is 0 Å². The van der Waals surface area contributed by atoms with Crippen molar-refractivity contribution in [2.24, 2.45) is 0 Å². The van der Waals surface area contributed by atoms with Crippen LogP contribution in [0.5, 0.6) is 0 Å². The molecule has 5 heterocycles. The fourth-order valence-corrected chi connectivity index (χ4v) is 7.33. The molecule has 0 radical (unpaired) electrons. The molecule has 0 bridgehead atoms. The number of rotatable bonds is 3. The molecule has 196 valence electrons. The Hall–Kier alpha value is -2.97. The molecular formula is C25H30ClN7O3S. The Kier molecular flexibility index (Phi) is 5.92. The number of fused-ring (bicyclic) bond motifs is 1. The van der Waals surface area contributed by atoms with Crippen molar-refractivity contribution >= 4 is 44.8 Å². The highest BCUT2D eigenvalue weighted by atomic mass is 35.5. The van der Waals surface area contributed by atoms with Crippen LogP contribution in [-0.4, -0.2) is 76.4 Å². The van der Waals surface area contributed by atoms with Crippen LogP contribution in [0, 0.1) is 11.3 Å². The Bertz CT molecular complexity index is 1440. The standard InChI is InChI=1S/C25H30ClN7O3S/c1-15-12-32(23(34)25(5)6-7-37(25,35)36)16(2)11-31(15)21-20-22(30-14-29-21)33(13-24(20,3)4)19-8-18(26)17(9-27)10-28-19/h8,10,14-16H,6-7,11-13H2,1-5H3/t15-,16+,25-/m0/s1. The summed E-state index contributed by atoms with van der Waals surface area (Å²) in [7, 11) is -3.40. The largest absolute Gasteiger partial charge is 0.350 e. The van der Waals surface area contributed by atoms with Crippen molar-refractivity contribution in [2.75, 3.05) is 35.2 Å². The average molecular weight is 544 g/mol. The molecule has 2 saturated heterocycles. The Labute approximate surface area is 222 Å². The van der Waals surface area contributed by atoms with Crippen LogP contribution in [0.3, 0.4) is 0 Å². The van der Waals surface area contributed by atoms with Gasteiger partial charge in [-0.3, -0.25) is 4.79 Å². The third-order valence-corrected chi connectivity index (χ3v) is 10.8. The van der Waals surface area contributed by atoms with Crippen LogP contribution in [-0.2, 0) is 20.0 Å². The molecule has 0 aliphatic carbocycles. The van der Waals surface area contributed by atoms with Crippen LogP contribution in [0.2, 0.25) is 5.02 Å². The highest BCUT2D eigenvalue weighted by Crippen LogP contribution is 2.47. The van der Waals surface area contributed by atoms with Crippen molar-refractivity contribution in [1.29, 1.82) is 5.26 Å². The first kappa shape index (κ1) is 25.7. The minimum Gasteiger partial charge on any atom is -0.350 e. The second kappa shape index (κ2) is 8.53. The molecule has 3 aliphatic rings. The first-order chi connectivity index (χ1) is 17.3. The fraction of sp³-hybridized carbons (Fsp3) is 0.560.